The number of amides is 6. The average Bonchev–Trinajstić information content (AvgIpc) is 2.89. The van der Waals surface area contributed by atoms with Crippen molar-refractivity contribution in [2.75, 3.05) is 18.9 Å². The Morgan fingerprint density at radius 2 is 1.46 bits per heavy atom. The number of rotatable bonds is 5. The summed E-state index contributed by atoms with van der Waals surface area (Å²) < 4.78 is 0. The van der Waals surface area contributed by atoms with Crippen molar-refractivity contribution in [2.45, 2.75) is 57.8 Å². The second kappa shape index (κ2) is 15.7. The van der Waals surface area contributed by atoms with Gasteiger partial charge in [0.25, 0.3) is 5.91 Å². The van der Waals surface area contributed by atoms with E-state index in [-0.39, 0.29) is 24.5 Å². The summed E-state index contributed by atoms with van der Waals surface area (Å²) in [5.41, 5.74) is 2.81. The molecule has 39 heavy (non-hydrogen) atoms. The molecule has 0 radical (unpaired) electrons. The first-order valence-corrected chi connectivity index (χ1v) is 13.2. The molecular formula is C25H36N6O7S. The predicted octanol–water partition coefficient (Wildman–Crippen LogP) is -1.66. The normalized spacial score (nSPS) is 24.6. The third-order valence-corrected chi connectivity index (χ3v) is 6.03. The summed E-state index contributed by atoms with van der Waals surface area (Å²) in [6.07, 6.45) is 0.367. The maximum Gasteiger partial charge on any atom is 0.265 e. The summed E-state index contributed by atoms with van der Waals surface area (Å²) in [5.74, 6) is -4.10. The van der Waals surface area contributed by atoms with E-state index in [2.05, 4.69) is 44.7 Å². The van der Waals surface area contributed by atoms with E-state index in [1.54, 1.807) is 24.3 Å². The Kier molecular flexibility index (Phi) is 12.7. The van der Waals surface area contributed by atoms with E-state index in [0.29, 0.717) is 0 Å². The quantitative estimate of drug-likeness (QED) is 0.209. The Morgan fingerprint density at radius 3 is 2.10 bits per heavy atom. The molecule has 1 aromatic carbocycles. The highest BCUT2D eigenvalue weighted by molar-refractivity contribution is 7.80. The van der Waals surface area contributed by atoms with Gasteiger partial charge in [0.1, 0.15) is 24.2 Å². The lowest BCUT2D eigenvalue weighted by molar-refractivity contribution is -0.143. The molecule has 1 saturated heterocycles. The molecule has 1 fully saturated rings. The van der Waals surface area contributed by atoms with E-state index in [1.807, 2.05) is 19.9 Å². The maximum absolute atomic E-state index is 13.3. The summed E-state index contributed by atoms with van der Waals surface area (Å²) in [7, 11) is 0. The highest BCUT2D eigenvalue weighted by Crippen LogP contribution is 2.08. The van der Waals surface area contributed by atoms with Crippen molar-refractivity contribution in [1.29, 1.82) is 0 Å². The molecule has 6 amide bonds. The first-order chi connectivity index (χ1) is 18.5. The van der Waals surface area contributed by atoms with Crippen LogP contribution < -0.4 is 32.1 Å². The molecule has 214 valence electrons. The zero-order valence-corrected chi connectivity index (χ0v) is 23.0. The van der Waals surface area contributed by atoms with Crippen LogP contribution in [0.25, 0.3) is 0 Å². The Bertz CT molecular complexity index is 1040. The lowest BCUT2D eigenvalue weighted by Crippen LogP contribution is -2.58. The Balaban J connectivity index is 2.34. The monoisotopic (exact) mass is 564 g/mol. The van der Waals surface area contributed by atoms with Gasteiger partial charge in [0, 0.05) is 12.2 Å². The van der Waals surface area contributed by atoms with Gasteiger partial charge in [-0.25, -0.2) is 5.48 Å². The van der Waals surface area contributed by atoms with Gasteiger partial charge in [-0.15, -0.1) is 0 Å². The number of benzene rings is 1. The number of hydrogen-bond donors (Lipinski definition) is 7. The SMILES string of the molecule is CC(C)CC1NC(=O)CONC(=O)[C@H](C)NC(=O)CNC(=O)[C@H](CS)NC(=O)[C@H](Cc2ccccc2)NC1=O. The van der Waals surface area contributed by atoms with Gasteiger partial charge < -0.3 is 26.6 Å². The Hall–Kier alpha value is -3.65. The number of carbonyl (C=O) groups excluding carboxylic acids is 6. The second-order valence-corrected chi connectivity index (χ2v) is 9.87. The predicted molar refractivity (Wildman–Crippen MR) is 144 cm³/mol. The molecule has 14 heteroatoms. The van der Waals surface area contributed by atoms with E-state index < -0.39 is 72.8 Å². The fourth-order valence-corrected chi connectivity index (χ4v) is 3.90. The lowest BCUT2D eigenvalue weighted by atomic mass is 10.0. The van der Waals surface area contributed by atoms with Crippen molar-refractivity contribution in [1.82, 2.24) is 32.1 Å². The summed E-state index contributed by atoms with van der Waals surface area (Å²) in [6, 6.07) is 4.69. The number of thiol groups is 1. The molecule has 6 N–H and O–H groups in total. The molecule has 1 unspecified atom stereocenters. The minimum absolute atomic E-state index is 0.00592. The zero-order chi connectivity index (χ0) is 28.9. The first-order valence-electron chi connectivity index (χ1n) is 12.5. The minimum atomic E-state index is -1.12. The van der Waals surface area contributed by atoms with Gasteiger partial charge in [0.2, 0.25) is 29.5 Å². The van der Waals surface area contributed by atoms with Crippen molar-refractivity contribution in [3.63, 3.8) is 0 Å². The molecule has 0 spiro atoms. The van der Waals surface area contributed by atoms with E-state index in [0.717, 1.165) is 5.56 Å². The van der Waals surface area contributed by atoms with Crippen LogP contribution >= 0.6 is 12.6 Å². The van der Waals surface area contributed by atoms with Crippen molar-refractivity contribution >= 4 is 48.1 Å². The van der Waals surface area contributed by atoms with Gasteiger partial charge in [0.15, 0.2) is 6.61 Å². The second-order valence-electron chi connectivity index (χ2n) is 9.51. The smallest absolute Gasteiger partial charge is 0.265 e. The zero-order valence-electron chi connectivity index (χ0n) is 22.1. The molecule has 0 bridgehead atoms. The van der Waals surface area contributed by atoms with Crippen LogP contribution in [0.5, 0.6) is 0 Å². The average molecular weight is 565 g/mol. The number of hydrogen-bond acceptors (Lipinski definition) is 8. The van der Waals surface area contributed by atoms with Crippen LogP contribution in [-0.2, 0) is 40.0 Å². The molecule has 4 atom stereocenters. The highest BCUT2D eigenvalue weighted by atomic mass is 32.1. The van der Waals surface area contributed by atoms with Crippen LogP contribution in [0.1, 0.15) is 32.8 Å². The van der Waals surface area contributed by atoms with Gasteiger partial charge in [-0.05, 0) is 24.8 Å². The Labute approximate surface area is 232 Å². The minimum Gasteiger partial charge on any atom is -0.345 e. The molecule has 2 rings (SSSR count). The van der Waals surface area contributed by atoms with E-state index in [4.69, 9.17) is 4.84 Å². The molecular weight excluding hydrogens is 528 g/mol. The topological polar surface area (TPSA) is 184 Å². The molecule has 0 aromatic heterocycles. The van der Waals surface area contributed by atoms with Gasteiger partial charge in [-0.3, -0.25) is 33.6 Å². The summed E-state index contributed by atoms with van der Waals surface area (Å²) in [6.45, 7) is 4.05. The number of hydroxylamine groups is 1. The van der Waals surface area contributed by atoms with Crippen LogP contribution in [-0.4, -0.2) is 78.5 Å². The van der Waals surface area contributed by atoms with Crippen molar-refractivity contribution < 1.29 is 33.6 Å². The van der Waals surface area contributed by atoms with Crippen molar-refractivity contribution in [3.8, 4) is 0 Å². The highest BCUT2D eigenvalue weighted by Gasteiger charge is 2.30. The van der Waals surface area contributed by atoms with E-state index in [9.17, 15) is 28.8 Å². The number of carbonyl (C=O) groups is 6. The third kappa shape index (κ3) is 10.9. The van der Waals surface area contributed by atoms with Crippen LogP contribution in [0, 0.1) is 5.92 Å². The Morgan fingerprint density at radius 1 is 0.821 bits per heavy atom. The molecule has 0 saturated carbocycles. The lowest BCUT2D eigenvalue weighted by Gasteiger charge is -2.25. The molecule has 1 aromatic rings. The molecule has 13 nitrogen and oxygen atoms in total. The van der Waals surface area contributed by atoms with Crippen molar-refractivity contribution in [2.24, 2.45) is 5.92 Å². The van der Waals surface area contributed by atoms with Gasteiger partial charge in [0.05, 0.1) is 6.54 Å². The largest absolute Gasteiger partial charge is 0.345 e. The fourth-order valence-electron chi connectivity index (χ4n) is 3.65. The van der Waals surface area contributed by atoms with E-state index >= 15 is 0 Å². The summed E-state index contributed by atoms with van der Waals surface area (Å²) in [5, 5.41) is 12.6. The number of nitrogens with one attached hydrogen (secondary N) is 6. The van der Waals surface area contributed by atoms with Gasteiger partial charge in [-0.2, -0.15) is 12.6 Å². The summed E-state index contributed by atoms with van der Waals surface area (Å²) in [4.78, 5) is 81.0. The van der Waals surface area contributed by atoms with Crippen molar-refractivity contribution in [3.05, 3.63) is 35.9 Å². The van der Waals surface area contributed by atoms with E-state index in [1.165, 1.54) is 6.92 Å². The molecule has 1 aliphatic rings. The van der Waals surface area contributed by atoms with Crippen LogP contribution in [0.2, 0.25) is 0 Å². The molecule has 0 aliphatic carbocycles. The van der Waals surface area contributed by atoms with Crippen LogP contribution in [0.15, 0.2) is 30.3 Å². The molecule has 1 aliphatic heterocycles. The van der Waals surface area contributed by atoms with Gasteiger partial charge in [-0.1, -0.05) is 44.2 Å². The molecule has 1 heterocycles. The third-order valence-electron chi connectivity index (χ3n) is 5.66. The maximum atomic E-state index is 13.3. The van der Waals surface area contributed by atoms with Gasteiger partial charge >= 0.3 is 0 Å². The van der Waals surface area contributed by atoms with Crippen LogP contribution in [0.4, 0.5) is 0 Å². The summed E-state index contributed by atoms with van der Waals surface area (Å²) >= 11 is 4.14. The fraction of sp³-hybridized carbons (Fsp3) is 0.520. The first kappa shape index (κ1) is 31.6. The van der Waals surface area contributed by atoms with Crippen LogP contribution in [0.3, 0.4) is 0 Å². The standard InChI is InChI=1S/C25H36N6O7S/c1-14(2)9-17-24(36)29-18(10-16-7-5-4-6-8-16)25(37)30-19(13-39)23(35)26-11-20(32)27-15(3)22(34)31-38-12-21(33)28-17/h4-8,14-15,17-19,39H,9-13H2,1-3H3,(H,26,35)(H,27,32)(H,28,33)(H,29,36)(H,30,37)(H,31,34)/t15-,17?,18-,19-/m0/s1.